The average molecular weight is 383 g/mol. The number of hydrogen-bond acceptors (Lipinski definition) is 4. The third kappa shape index (κ3) is 3.77. The van der Waals surface area contributed by atoms with E-state index < -0.39 is 29.1 Å². The molecule has 1 fully saturated rings. The van der Waals surface area contributed by atoms with Gasteiger partial charge in [0.05, 0.1) is 12.6 Å². The van der Waals surface area contributed by atoms with Gasteiger partial charge in [-0.3, -0.25) is 4.90 Å². The molecule has 0 saturated carbocycles. The first-order chi connectivity index (χ1) is 13.1. The Kier molecular flexibility index (Phi) is 5.26. The summed E-state index contributed by atoms with van der Waals surface area (Å²) in [6.07, 6.45) is -0.509. The minimum atomic E-state index is -1.45. The molecule has 1 N–H and O–H groups in total. The predicted octanol–water partition coefficient (Wildman–Crippen LogP) is 4.29. The standard InChI is InChI=1S/C23H29NO4/c1-21(2,3)28-20(25)24-19(16-27-22(24,4)5)23(26,17-12-8-6-9-13-17)18-14-10-7-11-15-18/h6-15,19,26H,16H2,1-5H3/t19-/m0/s1. The lowest BCUT2D eigenvalue weighted by Gasteiger charge is -2.42. The van der Waals surface area contributed by atoms with Crippen LogP contribution in [0.25, 0.3) is 0 Å². The van der Waals surface area contributed by atoms with Crippen LogP contribution in [0.4, 0.5) is 4.79 Å². The Balaban J connectivity index is 2.12. The lowest BCUT2D eigenvalue weighted by atomic mass is 9.79. The Morgan fingerprint density at radius 1 is 1.04 bits per heavy atom. The van der Waals surface area contributed by atoms with Crippen molar-refractivity contribution in [3.05, 3.63) is 71.8 Å². The van der Waals surface area contributed by atoms with Crippen molar-refractivity contribution in [2.75, 3.05) is 6.61 Å². The van der Waals surface area contributed by atoms with Crippen LogP contribution in [-0.2, 0) is 15.1 Å². The number of hydrogen-bond donors (Lipinski definition) is 1. The number of nitrogens with zero attached hydrogens (tertiary/aromatic N) is 1. The molecule has 1 amide bonds. The van der Waals surface area contributed by atoms with Crippen LogP contribution in [0.1, 0.15) is 45.7 Å². The average Bonchev–Trinajstić information content (AvgIpc) is 2.97. The summed E-state index contributed by atoms with van der Waals surface area (Å²) in [4.78, 5) is 14.6. The van der Waals surface area contributed by atoms with E-state index in [1.807, 2.05) is 95.3 Å². The monoisotopic (exact) mass is 383 g/mol. The van der Waals surface area contributed by atoms with E-state index in [4.69, 9.17) is 9.47 Å². The van der Waals surface area contributed by atoms with Gasteiger partial charge in [0.15, 0.2) is 0 Å². The molecule has 1 saturated heterocycles. The molecule has 5 heteroatoms. The molecule has 0 radical (unpaired) electrons. The van der Waals surface area contributed by atoms with Crippen LogP contribution >= 0.6 is 0 Å². The maximum absolute atomic E-state index is 13.1. The number of carbonyl (C=O) groups is 1. The molecule has 2 aromatic rings. The summed E-state index contributed by atoms with van der Waals surface area (Å²) in [6.45, 7) is 9.28. The van der Waals surface area contributed by atoms with Crippen LogP contribution in [0.15, 0.2) is 60.7 Å². The van der Waals surface area contributed by atoms with Gasteiger partial charge in [-0.15, -0.1) is 0 Å². The summed E-state index contributed by atoms with van der Waals surface area (Å²) in [6, 6.07) is 18.1. The van der Waals surface area contributed by atoms with Crippen LogP contribution in [0.3, 0.4) is 0 Å². The lowest BCUT2D eigenvalue weighted by Crippen LogP contribution is -2.57. The van der Waals surface area contributed by atoms with Gasteiger partial charge in [0.2, 0.25) is 0 Å². The normalized spacial score (nSPS) is 19.5. The molecule has 1 aliphatic rings. The molecular formula is C23H29NO4. The van der Waals surface area contributed by atoms with E-state index in [9.17, 15) is 9.90 Å². The van der Waals surface area contributed by atoms with E-state index >= 15 is 0 Å². The topological polar surface area (TPSA) is 59.0 Å². The number of ether oxygens (including phenoxy) is 2. The first-order valence-corrected chi connectivity index (χ1v) is 9.55. The van der Waals surface area contributed by atoms with Crippen LogP contribution < -0.4 is 0 Å². The number of benzene rings is 2. The number of rotatable bonds is 3. The second-order valence-corrected chi connectivity index (χ2v) is 8.62. The van der Waals surface area contributed by atoms with Gasteiger partial charge in [0, 0.05) is 0 Å². The van der Waals surface area contributed by atoms with Crippen molar-refractivity contribution >= 4 is 6.09 Å². The maximum Gasteiger partial charge on any atom is 0.413 e. The van der Waals surface area contributed by atoms with E-state index in [2.05, 4.69) is 0 Å². The molecule has 3 rings (SSSR count). The Morgan fingerprint density at radius 3 is 1.93 bits per heavy atom. The summed E-state index contributed by atoms with van der Waals surface area (Å²) in [7, 11) is 0. The fraction of sp³-hybridized carbons (Fsp3) is 0.435. The zero-order valence-electron chi connectivity index (χ0n) is 17.2. The van der Waals surface area contributed by atoms with Crippen molar-refractivity contribution in [1.29, 1.82) is 0 Å². The molecule has 2 aromatic carbocycles. The Labute approximate surface area is 166 Å². The van der Waals surface area contributed by atoms with Crippen molar-refractivity contribution < 1.29 is 19.4 Å². The highest BCUT2D eigenvalue weighted by molar-refractivity contribution is 5.70. The third-order valence-electron chi connectivity index (χ3n) is 4.99. The quantitative estimate of drug-likeness (QED) is 0.859. The van der Waals surface area contributed by atoms with Gasteiger partial charge in [-0.05, 0) is 45.7 Å². The Bertz CT molecular complexity index is 772. The fourth-order valence-electron chi connectivity index (χ4n) is 3.70. The molecule has 1 atom stereocenters. The maximum atomic E-state index is 13.1. The molecule has 0 aromatic heterocycles. The van der Waals surface area contributed by atoms with Gasteiger partial charge in [0.1, 0.15) is 16.9 Å². The van der Waals surface area contributed by atoms with E-state index in [0.29, 0.717) is 11.1 Å². The first kappa shape index (κ1) is 20.4. The molecule has 1 heterocycles. The van der Waals surface area contributed by atoms with E-state index in [0.717, 1.165) is 0 Å². The van der Waals surface area contributed by atoms with Gasteiger partial charge in [-0.1, -0.05) is 60.7 Å². The summed E-state index contributed by atoms with van der Waals surface area (Å²) in [5, 5.41) is 12.1. The van der Waals surface area contributed by atoms with Gasteiger partial charge < -0.3 is 14.6 Å². The number of carbonyl (C=O) groups excluding carboxylic acids is 1. The van der Waals surface area contributed by atoms with Crippen molar-refractivity contribution in [2.45, 2.75) is 57.6 Å². The van der Waals surface area contributed by atoms with Crippen molar-refractivity contribution in [2.24, 2.45) is 0 Å². The number of aliphatic hydroxyl groups is 1. The van der Waals surface area contributed by atoms with Crippen molar-refractivity contribution in [1.82, 2.24) is 4.90 Å². The highest BCUT2D eigenvalue weighted by atomic mass is 16.6. The summed E-state index contributed by atoms with van der Waals surface area (Å²) < 4.78 is 11.6. The summed E-state index contributed by atoms with van der Waals surface area (Å²) in [5.74, 6) is 0. The number of amides is 1. The molecular weight excluding hydrogens is 354 g/mol. The third-order valence-corrected chi connectivity index (χ3v) is 4.99. The van der Waals surface area contributed by atoms with Crippen molar-refractivity contribution in [3.63, 3.8) is 0 Å². The molecule has 0 unspecified atom stereocenters. The zero-order valence-corrected chi connectivity index (χ0v) is 17.2. The minimum absolute atomic E-state index is 0.187. The highest BCUT2D eigenvalue weighted by Crippen LogP contribution is 2.42. The molecule has 150 valence electrons. The van der Waals surface area contributed by atoms with Crippen LogP contribution in [0, 0.1) is 0 Å². The van der Waals surface area contributed by atoms with Gasteiger partial charge in [-0.2, -0.15) is 0 Å². The fourth-order valence-corrected chi connectivity index (χ4v) is 3.70. The van der Waals surface area contributed by atoms with Gasteiger partial charge >= 0.3 is 6.09 Å². The highest BCUT2D eigenvalue weighted by Gasteiger charge is 2.55. The molecule has 0 aliphatic carbocycles. The van der Waals surface area contributed by atoms with Crippen molar-refractivity contribution in [3.8, 4) is 0 Å². The second-order valence-electron chi connectivity index (χ2n) is 8.62. The summed E-state index contributed by atoms with van der Waals surface area (Å²) in [5.41, 5.74) is -1.63. The lowest BCUT2D eigenvalue weighted by molar-refractivity contribution is -0.0761. The van der Waals surface area contributed by atoms with Crippen LogP contribution in [0.2, 0.25) is 0 Å². The molecule has 28 heavy (non-hydrogen) atoms. The predicted molar refractivity (Wildman–Crippen MR) is 108 cm³/mol. The van der Waals surface area contributed by atoms with Crippen LogP contribution in [0.5, 0.6) is 0 Å². The Hall–Kier alpha value is -2.37. The minimum Gasteiger partial charge on any atom is -0.444 e. The molecule has 0 bridgehead atoms. The molecule has 0 spiro atoms. The van der Waals surface area contributed by atoms with E-state index in [1.54, 1.807) is 0 Å². The smallest absolute Gasteiger partial charge is 0.413 e. The Morgan fingerprint density at radius 2 is 1.50 bits per heavy atom. The van der Waals surface area contributed by atoms with Gasteiger partial charge in [-0.25, -0.2) is 4.79 Å². The largest absolute Gasteiger partial charge is 0.444 e. The molecule has 1 aliphatic heterocycles. The van der Waals surface area contributed by atoms with E-state index in [-0.39, 0.29) is 6.61 Å². The first-order valence-electron chi connectivity index (χ1n) is 9.55. The SMILES string of the molecule is CC(C)(C)OC(=O)N1[C@H](C(O)(c2ccccc2)c2ccccc2)COC1(C)C. The van der Waals surface area contributed by atoms with Crippen LogP contribution in [-0.4, -0.2) is 40.1 Å². The van der Waals surface area contributed by atoms with E-state index in [1.165, 1.54) is 4.90 Å². The zero-order chi connectivity index (χ0) is 20.6. The van der Waals surface area contributed by atoms with Gasteiger partial charge in [0.25, 0.3) is 0 Å². The second kappa shape index (κ2) is 7.22. The molecule has 5 nitrogen and oxygen atoms in total. The summed E-state index contributed by atoms with van der Waals surface area (Å²) >= 11 is 0.